The molecule has 3 rings (SSSR count). The fourth-order valence-corrected chi connectivity index (χ4v) is 4.90. The lowest BCUT2D eigenvalue weighted by Gasteiger charge is -2.26. The van der Waals surface area contributed by atoms with Crippen molar-refractivity contribution in [1.29, 1.82) is 0 Å². The Morgan fingerprint density at radius 2 is 1.77 bits per heavy atom. The molecule has 116 valence electrons. The van der Waals surface area contributed by atoms with E-state index in [-0.39, 0.29) is 10.5 Å². The van der Waals surface area contributed by atoms with E-state index in [1.165, 1.54) is 24.3 Å². The van der Waals surface area contributed by atoms with Crippen LogP contribution in [0.5, 0.6) is 0 Å². The maximum Gasteiger partial charge on any atom is 0.185 e. The second kappa shape index (κ2) is 5.63. The SMILES string of the molecule is O=S(=O)(c1ccc(Cl)cc1)C1CCCc2c(F)cc(F)cc21. The van der Waals surface area contributed by atoms with Crippen molar-refractivity contribution in [3.05, 3.63) is 64.2 Å². The van der Waals surface area contributed by atoms with Gasteiger partial charge in [0, 0.05) is 11.1 Å². The molecule has 0 saturated carbocycles. The van der Waals surface area contributed by atoms with E-state index in [2.05, 4.69) is 0 Å². The zero-order valence-corrected chi connectivity index (χ0v) is 13.1. The molecule has 1 unspecified atom stereocenters. The van der Waals surface area contributed by atoms with Crippen molar-refractivity contribution >= 4 is 21.4 Å². The van der Waals surface area contributed by atoms with Crippen molar-refractivity contribution < 1.29 is 17.2 Å². The lowest BCUT2D eigenvalue weighted by molar-refractivity contribution is 0.529. The van der Waals surface area contributed by atoms with Crippen LogP contribution in [0.2, 0.25) is 5.02 Å². The van der Waals surface area contributed by atoms with Gasteiger partial charge in [-0.15, -0.1) is 0 Å². The molecule has 0 aliphatic heterocycles. The van der Waals surface area contributed by atoms with E-state index < -0.39 is 26.7 Å². The zero-order valence-electron chi connectivity index (χ0n) is 11.5. The second-order valence-corrected chi connectivity index (χ2v) is 7.90. The zero-order chi connectivity index (χ0) is 15.9. The molecule has 2 nitrogen and oxygen atoms in total. The molecule has 0 fully saturated rings. The first-order valence-electron chi connectivity index (χ1n) is 6.87. The van der Waals surface area contributed by atoms with Gasteiger partial charge in [0.05, 0.1) is 10.1 Å². The minimum Gasteiger partial charge on any atom is -0.223 e. The molecule has 0 amide bonds. The predicted molar refractivity (Wildman–Crippen MR) is 80.7 cm³/mol. The van der Waals surface area contributed by atoms with Crippen LogP contribution in [0.15, 0.2) is 41.3 Å². The van der Waals surface area contributed by atoms with E-state index in [0.717, 1.165) is 12.1 Å². The predicted octanol–water partition coefficient (Wildman–Crippen LogP) is 4.47. The normalized spacial score (nSPS) is 18.0. The fourth-order valence-electron chi connectivity index (χ4n) is 2.91. The fraction of sp³-hybridized carbons (Fsp3) is 0.250. The second-order valence-electron chi connectivity index (χ2n) is 5.34. The summed E-state index contributed by atoms with van der Waals surface area (Å²) in [6.07, 6.45) is 1.32. The molecule has 0 N–H and O–H groups in total. The van der Waals surface area contributed by atoms with E-state index in [9.17, 15) is 17.2 Å². The van der Waals surface area contributed by atoms with Crippen LogP contribution in [0.1, 0.15) is 29.2 Å². The molecular formula is C16H13ClF2O2S. The highest BCUT2D eigenvalue weighted by atomic mass is 35.5. The first-order chi connectivity index (χ1) is 10.4. The summed E-state index contributed by atoms with van der Waals surface area (Å²) in [5.74, 6) is -1.43. The maximum atomic E-state index is 13.9. The van der Waals surface area contributed by atoms with Crippen LogP contribution in [-0.4, -0.2) is 8.42 Å². The lowest BCUT2D eigenvalue weighted by Crippen LogP contribution is -2.20. The van der Waals surface area contributed by atoms with Gasteiger partial charge in [0.25, 0.3) is 0 Å². The first-order valence-corrected chi connectivity index (χ1v) is 8.79. The highest BCUT2D eigenvalue weighted by Crippen LogP contribution is 2.40. The van der Waals surface area contributed by atoms with Crippen LogP contribution in [0.4, 0.5) is 8.78 Å². The summed E-state index contributed by atoms with van der Waals surface area (Å²) in [7, 11) is -3.72. The Kier molecular flexibility index (Phi) is 3.95. The molecule has 0 bridgehead atoms. The number of rotatable bonds is 2. The lowest BCUT2D eigenvalue weighted by atomic mass is 9.91. The molecule has 0 aromatic heterocycles. The Labute approximate surface area is 132 Å². The molecular weight excluding hydrogens is 330 g/mol. The summed E-state index contributed by atoms with van der Waals surface area (Å²) in [6, 6.07) is 7.75. The number of fused-ring (bicyclic) bond motifs is 1. The minimum atomic E-state index is -3.72. The van der Waals surface area contributed by atoms with E-state index in [1.54, 1.807) is 0 Å². The Balaban J connectivity index is 2.12. The molecule has 22 heavy (non-hydrogen) atoms. The van der Waals surface area contributed by atoms with Crippen molar-refractivity contribution in [2.75, 3.05) is 0 Å². The molecule has 1 aliphatic carbocycles. The van der Waals surface area contributed by atoms with Crippen LogP contribution in [0, 0.1) is 11.6 Å². The van der Waals surface area contributed by atoms with Crippen molar-refractivity contribution in [2.45, 2.75) is 29.4 Å². The molecule has 2 aromatic rings. The number of hydrogen-bond acceptors (Lipinski definition) is 2. The number of hydrogen-bond donors (Lipinski definition) is 0. The summed E-state index contributed by atoms with van der Waals surface area (Å²) in [5.41, 5.74) is 0.536. The molecule has 0 heterocycles. The average Bonchev–Trinajstić information content (AvgIpc) is 2.47. The number of sulfone groups is 1. The van der Waals surface area contributed by atoms with Gasteiger partial charge >= 0.3 is 0 Å². The molecule has 0 radical (unpaired) electrons. The first kappa shape index (κ1) is 15.4. The van der Waals surface area contributed by atoms with Crippen molar-refractivity contribution in [3.63, 3.8) is 0 Å². The van der Waals surface area contributed by atoms with Crippen LogP contribution < -0.4 is 0 Å². The molecule has 0 saturated heterocycles. The van der Waals surface area contributed by atoms with Crippen molar-refractivity contribution in [3.8, 4) is 0 Å². The summed E-state index contributed by atoms with van der Waals surface area (Å²) in [4.78, 5) is 0.111. The third kappa shape index (κ3) is 2.63. The summed E-state index contributed by atoms with van der Waals surface area (Å²) >= 11 is 5.78. The number of halogens is 3. The minimum absolute atomic E-state index is 0.111. The summed E-state index contributed by atoms with van der Waals surface area (Å²) in [6.45, 7) is 0. The highest BCUT2D eigenvalue weighted by Gasteiger charge is 2.34. The Morgan fingerprint density at radius 1 is 1.09 bits per heavy atom. The Bertz CT molecular complexity index is 817. The van der Waals surface area contributed by atoms with Crippen molar-refractivity contribution in [2.24, 2.45) is 0 Å². The molecule has 2 aromatic carbocycles. The third-order valence-corrected chi connectivity index (χ3v) is 6.37. The maximum absolute atomic E-state index is 13.9. The Hall–Kier alpha value is -1.46. The number of benzene rings is 2. The molecule has 6 heteroatoms. The Morgan fingerprint density at radius 3 is 2.45 bits per heavy atom. The van der Waals surface area contributed by atoms with Gasteiger partial charge in [0.1, 0.15) is 11.6 Å². The molecule has 1 aliphatic rings. The van der Waals surface area contributed by atoms with Crippen LogP contribution in [0.3, 0.4) is 0 Å². The standard InChI is InChI=1S/C16H13ClF2O2S/c17-10-4-6-12(7-5-10)22(20,21)16-3-1-2-13-14(16)8-11(18)9-15(13)19/h4-9,16H,1-3H2. The van der Waals surface area contributed by atoms with Crippen LogP contribution in [0.25, 0.3) is 0 Å². The largest absolute Gasteiger partial charge is 0.223 e. The van der Waals surface area contributed by atoms with Gasteiger partial charge < -0.3 is 0 Å². The van der Waals surface area contributed by atoms with Gasteiger partial charge in [-0.05, 0) is 60.7 Å². The van der Waals surface area contributed by atoms with E-state index in [4.69, 9.17) is 11.6 Å². The highest BCUT2D eigenvalue weighted by molar-refractivity contribution is 7.91. The van der Waals surface area contributed by atoms with Crippen LogP contribution in [-0.2, 0) is 16.3 Å². The molecule has 0 spiro atoms. The quantitative estimate of drug-likeness (QED) is 0.807. The van der Waals surface area contributed by atoms with Crippen LogP contribution >= 0.6 is 11.6 Å². The summed E-state index contributed by atoms with van der Waals surface area (Å²) in [5, 5.41) is -0.497. The topological polar surface area (TPSA) is 34.1 Å². The average molecular weight is 343 g/mol. The van der Waals surface area contributed by atoms with E-state index in [0.29, 0.717) is 29.8 Å². The smallest absolute Gasteiger partial charge is 0.185 e. The van der Waals surface area contributed by atoms with Gasteiger partial charge in [-0.3, -0.25) is 0 Å². The van der Waals surface area contributed by atoms with E-state index >= 15 is 0 Å². The van der Waals surface area contributed by atoms with Crippen molar-refractivity contribution in [1.82, 2.24) is 0 Å². The third-order valence-electron chi connectivity index (χ3n) is 3.95. The van der Waals surface area contributed by atoms with Gasteiger partial charge in [-0.2, -0.15) is 0 Å². The van der Waals surface area contributed by atoms with Gasteiger partial charge in [-0.1, -0.05) is 11.6 Å². The monoisotopic (exact) mass is 342 g/mol. The van der Waals surface area contributed by atoms with Gasteiger partial charge in [-0.25, -0.2) is 17.2 Å². The van der Waals surface area contributed by atoms with Gasteiger partial charge in [0.2, 0.25) is 0 Å². The molecule has 1 atom stereocenters. The van der Waals surface area contributed by atoms with Gasteiger partial charge in [0.15, 0.2) is 9.84 Å². The van der Waals surface area contributed by atoms with E-state index in [1.807, 2.05) is 0 Å². The summed E-state index contributed by atoms with van der Waals surface area (Å²) < 4.78 is 53.0.